The number of anilines is 1. The molecule has 1 amide bonds. The molecule has 0 aromatic heterocycles. The largest absolute Gasteiger partial charge is 0.493 e. The van der Waals surface area contributed by atoms with Crippen LogP contribution in [0.1, 0.15) is 31.7 Å². The van der Waals surface area contributed by atoms with Crippen molar-refractivity contribution in [2.24, 2.45) is 5.73 Å². The summed E-state index contributed by atoms with van der Waals surface area (Å²) >= 11 is 0. The van der Waals surface area contributed by atoms with Crippen LogP contribution in [0.4, 0.5) is 5.69 Å². The molecule has 0 fully saturated rings. The number of methoxy groups -OCH3 is 2. The van der Waals surface area contributed by atoms with Crippen LogP contribution in [-0.2, 0) is 4.79 Å². The molecule has 3 N–H and O–H groups in total. The molecule has 0 bridgehead atoms. The van der Waals surface area contributed by atoms with Crippen molar-refractivity contribution in [2.45, 2.75) is 39.2 Å². The number of hydrogen-bond donors (Lipinski definition) is 2. The second kappa shape index (κ2) is 7.75. The Morgan fingerprint density at radius 3 is 2.45 bits per heavy atom. The number of nitrogens with two attached hydrogens (primary N) is 1. The van der Waals surface area contributed by atoms with E-state index in [4.69, 9.17) is 15.2 Å². The summed E-state index contributed by atoms with van der Waals surface area (Å²) in [7, 11) is 3.16. The first-order valence-corrected chi connectivity index (χ1v) is 6.76. The summed E-state index contributed by atoms with van der Waals surface area (Å²) in [4.78, 5) is 11.9. The van der Waals surface area contributed by atoms with E-state index in [-0.39, 0.29) is 11.9 Å². The number of rotatable bonds is 7. The van der Waals surface area contributed by atoms with Crippen molar-refractivity contribution in [1.29, 1.82) is 0 Å². The second-order valence-electron chi connectivity index (χ2n) is 4.94. The third-order valence-corrected chi connectivity index (χ3v) is 3.07. The fraction of sp³-hybridized carbons (Fsp3) is 0.533. The van der Waals surface area contributed by atoms with Crippen LogP contribution in [0.2, 0.25) is 0 Å². The van der Waals surface area contributed by atoms with Crippen molar-refractivity contribution in [3.63, 3.8) is 0 Å². The van der Waals surface area contributed by atoms with E-state index in [1.165, 1.54) is 0 Å². The number of nitrogens with one attached hydrogen (secondary N) is 1. The van der Waals surface area contributed by atoms with Crippen molar-refractivity contribution < 1.29 is 14.3 Å². The lowest BCUT2D eigenvalue weighted by Crippen LogP contribution is -2.17. The van der Waals surface area contributed by atoms with Gasteiger partial charge in [-0.3, -0.25) is 4.79 Å². The highest BCUT2D eigenvalue weighted by molar-refractivity contribution is 5.91. The molecule has 0 aliphatic carbocycles. The Morgan fingerprint density at radius 1 is 1.30 bits per heavy atom. The van der Waals surface area contributed by atoms with Crippen LogP contribution in [0.25, 0.3) is 0 Å². The first kappa shape index (κ1) is 16.3. The smallest absolute Gasteiger partial charge is 0.224 e. The maximum atomic E-state index is 11.9. The zero-order valence-electron chi connectivity index (χ0n) is 12.7. The number of hydrogen-bond acceptors (Lipinski definition) is 4. The summed E-state index contributed by atoms with van der Waals surface area (Å²) in [6, 6.07) is 3.75. The van der Waals surface area contributed by atoms with E-state index in [1.807, 2.05) is 19.9 Å². The quantitative estimate of drug-likeness (QED) is 0.804. The Morgan fingerprint density at radius 2 is 1.90 bits per heavy atom. The monoisotopic (exact) mass is 280 g/mol. The van der Waals surface area contributed by atoms with Gasteiger partial charge in [0.15, 0.2) is 11.5 Å². The average Bonchev–Trinajstić information content (AvgIpc) is 2.40. The molecule has 1 aromatic carbocycles. The van der Waals surface area contributed by atoms with Gasteiger partial charge in [0, 0.05) is 24.2 Å². The maximum Gasteiger partial charge on any atom is 0.224 e. The zero-order valence-corrected chi connectivity index (χ0v) is 12.7. The van der Waals surface area contributed by atoms with Crippen molar-refractivity contribution in [1.82, 2.24) is 0 Å². The van der Waals surface area contributed by atoms with Gasteiger partial charge >= 0.3 is 0 Å². The van der Waals surface area contributed by atoms with E-state index in [0.29, 0.717) is 17.9 Å². The Labute approximate surface area is 120 Å². The predicted octanol–water partition coefficient (Wildman–Crippen LogP) is 2.47. The van der Waals surface area contributed by atoms with Crippen LogP contribution >= 0.6 is 0 Å². The van der Waals surface area contributed by atoms with Crippen LogP contribution in [0, 0.1) is 6.92 Å². The van der Waals surface area contributed by atoms with Gasteiger partial charge in [-0.1, -0.05) is 0 Å². The van der Waals surface area contributed by atoms with E-state index in [0.717, 1.165) is 24.1 Å². The third-order valence-electron chi connectivity index (χ3n) is 3.07. The third kappa shape index (κ3) is 4.74. The normalized spacial score (nSPS) is 11.8. The lowest BCUT2D eigenvalue weighted by Gasteiger charge is -2.13. The minimum absolute atomic E-state index is 0.0130. The molecule has 0 aliphatic rings. The Kier molecular flexibility index (Phi) is 6.31. The SMILES string of the molecule is COc1cc(C)c(NC(=O)CCCC(C)N)cc1OC. The average molecular weight is 280 g/mol. The fourth-order valence-corrected chi connectivity index (χ4v) is 1.91. The van der Waals surface area contributed by atoms with Gasteiger partial charge in [0.25, 0.3) is 0 Å². The molecule has 5 heteroatoms. The summed E-state index contributed by atoms with van der Waals surface area (Å²) < 4.78 is 10.4. The number of amides is 1. The summed E-state index contributed by atoms with van der Waals surface area (Å²) in [5.41, 5.74) is 7.34. The molecule has 1 unspecified atom stereocenters. The molecule has 0 saturated carbocycles. The van der Waals surface area contributed by atoms with Crippen molar-refractivity contribution >= 4 is 11.6 Å². The molecule has 1 atom stereocenters. The van der Waals surface area contributed by atoms with Gasteiger partial charge in [-0.25, -0.2) is 0 Å². The van der Waals surface area contributed by atoms with Crippen LogP contribution in [0.15, 0.2) is 12.1 Å². The first-order valence-electron chi connectivity index (χ1n) is 6.76. The Balaban J connectivity index is 2.69. The zero-order chi connectivity index (χ0) is 15.1. The van der Waals surface area contributed by atoms with Gasteiger partial charge in [0.05, 0.1) is 14.2 Å². The van der Waals surface area contributed by atoms with Crippen molar-refractivity contribution in [3.05, 3.63) is 17.7 Å². The summed E-state index contributed by atoms with van der Waals surface area (Å²) in [6.07, 6.45) is 2.10. The molecule has 1 rings (SSSR count). The van der Waals surface area contributed by atoms with Gasteiger partial charge in [0.2, 0.25) is 5.91 Å². The van der Waals surface area contributed by atoms with E-state index in [2.05, 4.69) is 5.32 Å². The van der Waals surface area contributed by atoms with Crippen LogP contribution in [0.5, 0.6) is 11.5 Å². The Bertz CT molecular complexity index is 459. The highest BCUT2D eigenvalue weighted by atomic mass is 16.5. The van der Waals surface area contributed by atoms with Crippen LogP contribution < -0.4 is 20.5 Å². The van der Waals surface area contributed by atoms with Crippen LogP contribution in [-0.4, -0.2) is 26.2 Å². The molecule has 5 nitrogen and oxygen atoms in total. The van der Waals surface area contributed by atoms with E-state index >= 15 is 0 Å². The van der Waals surface area contributed by atoms with Gasteiger partial charge in [-0.2, -0.15) is 0 Å². The van der Waals surface area contributed by atoms with Crippen molar-refractivity contribution in [3.8, 4) is 11.5 Å². The first-order chi connectivity index (χ1) is 9.47. The minimum atomic E-state index is -0.0130. The molecule has 0 heterocycles. The standard InChI is InChI=1S/C15H24N2O3/c1-10-8-13(19-3)14(20-4)9-12(10)17-15(18)7-5-6-11(2)16/h8-9,11H,5-7,16H2,1-4H3,(H,17,18). The number of carbonyl (C=O) groups is 1. The summed E-state index contributed by atoms with van der Waals surface area (Å²) in [6.45, 7) is 3.86. The molecule has 0 radical (unpaired) electrons. The minimum Gasteiger partial charge on any atom is -0.493 e. The van der Waals surface area contributed by atoms with Crippen molar-refractivity contribution in [2.75, 3.05) is 19.5 Å². The number of benzene rings is 1. The maximum absolute atomic E-state index is 11.9. The highest BCUT2D eigenvalue weighted by Gasteiger charge is 2.11. The molecule has 0 aliphatic heterocycles. The summed E-state index contributed by atoms with van der Waals surface area (Å²) in [5.74, 6) is 1.24. The van der Waals surface area contributed by atoms with E-state index < -0.39 is 0 Å². The van der Waals surface area contributed by atoms with Crippen LogP contribution in [0.3, 0.4) is 0 Å². The van der Waals surface area contributed by atoms with Gasteiger partial charge < -0.3 is 20.5 Å². The Hall–Kier alpha value is -1.75. The fourth-order valence-electron chi connectivity index (χ4n) is 1.91. The molecular formula is C15H24N2O3. The predicted molar refractivity (Wildman–Crippen MR) is 80.4 cm³/mol. The lowest BCUT2D eigenvalue weighted by atomic mass is 10.1. The van der Waals surface area contributed by atoms with E-state index in [9.17, 15) is 4.79 Å². The lowest BCUT2D eigenvalue weighted by molar-refractivity contribution is -0.116. The van der Waals surface area contributed by atoms with Gasteiger partial charge in [-0.05, 0) is 38.3 Å². The molecule has 0 saturated heterocycles. The molecule has 0 spiro atoms. The summed E-state index contributed by atoms with van der Waals surface area (Å²) in [5, 5.41) is 2.89. The number of aryl methyl sites for hydroxylation is 1. The molecule has 20 heavy (non-hydrogen) atoms. The highest BCUT2D eigenvalue weighted by Crippen LogP contribution is 2.32. The van der Waals surface area contributed by atoms with E-state index in [1.54, 1.807) is 20.3 Å². The molecule has 1 aromatic rings. The number of ether oxygens (including phenoxy) is 2. The topological polar surface area (TPSA) is 73.6 Å². The molecular weight excluding hydrogens is 256 g/mol. The second-order valence-corrected chi connectivity index (χ2v) is 4.94. The number of carbonyl (C=O) groups excluding carboxylic acids is 1. The molecule has 112 valence electrons. The van der Waals surface area contributed by atoms with Gasteiger partial charge in [0.1, 0.15) is 0 Å². The van der Waals surface area contributed by atoms with Gasteiger partial charge in [-0.15, -0.1) is 0 Å².